The zero-order valence-corrected chi connectivity index (χ0v) is 25.6. The van der Waals surface area contributed by atoms with Crippen LogP contribution < -0.4 is 10.6 Å². The van der Waals surface area contributed by atoms with Crippen LogP contribution in [-0.2, 0) is 10.9 Å². The second kappa shape index (κ2) is 14.2. The fourth-order valence-electron chi connectivity index (χ4n) is 4.53. The summed E-state index contributed by atoms with van der Waals surface area (Å²) in [6, 6.07) is 37.1. The van der Waals surface area contributed by atoms with Crippen molar-refractivity contribution in [3.05, 3.63) is 125 Å². The maximum atomic E-state index is 5.38. The van der Waals surface area contributed by atoms with Gasteiger partial charge in [0.05, 0.1) is 29.9 Å². The molecule has 4 rings (SSSR count). The summed E-state index contributed by atoms with van der Waals surface area (Å²) in [7, 11) is 0.144. The van der Waals surface area contributed by atoms with Crippen molar-refractivity contribution in [1.29, 1.82) is 0 Å². The molecular formula is C30H31Br2NNiP+. The number of halogens is 2. The molecule has 1 atom stereocenters. The van der Waals surface area contributed by atoms with E-state index < -0.39 is 7.92 Å². The average molecular weight is 655 g/mol. The van der Waals surface area contributed by atoms with Gasteiger partial charge in [0.1, 0.15) is 5.66 Å². The normalized spacial score (nSPS) is 12.3. The Morgan fingerprint density at radius 2 is 1.11 bits per heavy atom. The van der Waals surface area contributed by atoms with Crippen LogP contribution >= 0.6 is 36.4 Å². The zero-order valence-electron chi connectivity index (χ0n) is 20.4. The van der Waals surface area contributed by atoms with E-state index in [1.54, 1.807) is 0 Å². The van der Waals surface area contributed by atoms with E-state index in [0.717, 1.165) is 5.69 Å². The van der Waals surface area contributed by atoms with Gasteiger partial charge in [0.2, 0.25) is 0 Å². The van der Waals surface area contributed by atoms with E-state index in [1.165, 1.54) is 49.5 Å². The van der Waals surface area contributed by atoms with Crippen LogP contribution in [0, 0.1) is 20.8 Å². The predicted molar refractivity (Wildman–Crippen MR) is 161 cm³/mol. The predicted octanol–water partition coefficient (Wildman–Crippen LogP) is 8.68. The van der Waals surface area contributed by atoms with Crippen molar-refractivity contribution >= 4 is 58.4 Å². The molecule has 5 heteroatoms. The van der Waals surface area contributed by atoms with Gasteiger partial charge in [-0.05, 0) is 63.1 Å². The number of aliphatic imine (C=N–C) groups is 1. The number of hydrogen-bond acceptors (Lipinski definition) is 1. The molecule has 0 aliphatic heterocycles. The Labute approximate surface area is 231 Å². The van der Waals surface area contributed by atoms with E-state index in [9.17, 15) is 0 Å². The molecule has 0 heterocycles. The monoisotopic (exact) mass is 652 g/mol. The van der Waals surface area contributed by atoms with Crippen molar-refractivity contribution in [1.82, 2.24) is 0 Å². The molecule has 4 aromatic carbocycles. The molecule has 35 heavy (non-hydrogen) atoms. The van der Waals surface area contributed by atoms with Crippen LogP contribution in [0.3, 0.4) is 0 Å². The minimum atomic E-state index is -1.11. The van der Waals surface area contributed by atoms with Crippen LogP contribution in [-0.4, -0.2) is 11.4 Å². The summed E-state index contributed by atoms with van der Waals surface area (Å²) in [6.45, 7) is 8.86. The van der Waals surface area contributed by atoms with Gasteiger partial charge in [-0.15, -0.1) is 0 Å². The number of rotatable bonds is 6. The van der Waals surface area contributed by atoms with Crippen LogP contribution in [0.25, 0.3) is 0 Å². The Balaban J connectivity index is 0.00000108. The summed E-state index contributed by atoms with van der Waals surface area (Å²) in [5.41, 5.74) is 7.51. The van der Waals surface area contributed by atoms with Gasteiger partial charge in [-0.3, -0.25) is 0 Å². The molecule has 4 aromatic rings. The Morgan fingerprint density at radius 1 is 0.714 bits per heavy atom. The van der Waals surface area contributed by atoms with Crippen LogP contribution in [0.4, 0.5) is 5.69 Å². The average Bonchev–Trinajstić information content (AvgIpc) is 2.86. The number of hydrogen-bond donors (Lipinski definition) is 0. The van der Waals surface area contributed by atoms with Gasteiger partial charge in [0.15, 0.2) is 0 Å². The molecule has 0 fully saturated rings. The van der Waals surface area contributed by atoms with Crippen LogP contribution in [0.1, 0.15) is 29.2 Å². The van der Waals surface area contributed by atoms with Crippen molar-refractivity contribution in [3.63, 3.8) is 0 Å². The minimum absolute atomic E-state index is 0.285. The summed E-state index contributed by atoms with van der Waals surface area (Å²) in [5, 5.41) is 2.83. The molecule has 1 unspecified atom stereocenters. The van der Waals surface area contributed by atoms with E-state index in [2.05, 4.69) is 159 Å². The molecule has 1 nitrogen and oxygen atoms in total. The first-order valence-electron chi connectivity index (χ1n) is 11.5. The Morgan fingerprint density at radius 3 is 1.54 bits per heavy atom. The standard InChI is InChI=1S/C30H30NP.2BrH.Ni/c1-22-20-23(2)29(24(3)21-22)31-30(26-14-8-5-9-15-26)25(4)32(27-16-10-6-11-17-27)28-18-12-7-13-19-28;;;/h5-21,25H,1-4H3;2*1H;/q;;;+2/p-1. The molecule has 0 aliphatic rings. The first kappa shape index (κ1) is 28.0. The van der Waals surface area contributed by atoms with E-state index in [1.807, 2.05) is 0 Å². The Kier molecular flexibility index (Phi) is 11.4. The van der Waals surface area contributed by atoms with Crippen molar-refractivity contribution in [3.8, 4) is 0 Å². The zero-order chi connectivity index (χ0) is 25.2. The van der Waals surface area contributed by atoms with Gasteiger partial charge in [-0.2, -0.15) is 0 Å². The number of benzene rings is 4. The van der Waals surface area contributed by atoms with Crippen LogP contribution in [0.15, 0.2) is 108 Å². The molecule has 0 saturated carbocycles. The first-order chi connectivity index (χ1) is 17.0. The van der Waals surface area contributed by atoms with E-state index >= 15 is 0 Å². The summed E-state index contributed by atoms with van der Waals surface area (Å²) in [5.74, 6) is 0. The summed E-state index contributed by atoms with van der Waals surface area (Å²) in [4.78, 5) is 5.38. The molecule has 0 radical (unpaired) electrons. The summed E-state index contributed by atoms with van der Waals surface area (Å²) in [6.07, 6.45) is 0. The second-order valence-electron chi connectivity index (χ2n) is 8.52. The number of aryl methyl sites for hydroxylation is 3. The third kappa shape index (κ3) is 7.71. The van der Waals surface area contributed by atoms with Gasteiger partial charge in [-0.25, -0.2) is 4.99 Å². The van der Waals surface area contributed by atoms with Crippen molar-refractivity contribution in [2.75, 3.05) is 0 Å². The first-order valence-corrected chi connectivity index (χ1v) is 17.9. The van der Waals surface area contributed by atoms with Crippen LogP contribution in [0.2, 0.25) is 0 Å². The van der Waals surface area contributed by atoms with E-state index in [0.29, 0.717) is 0 Å². The maximum absolute atomic E-state index is 5.38. The van der Waals surface area contributed by atoms with Crippen LogP contribution in [0.5, 0.6) is 0 Å². The summed E-state index contributed by atoms with van der Waals surface area (Å²) >= 11 is 6.00. The van der Waals surface area contributed by atoms with Crippen molar-refractivity contribution < 1.29 is 10.9 Å². The molecule has 0 bridgehead atoms. The van der Waals surface area contributed by atoms with E-state index in [4.69, 9.17) is 4.99 Å². The molecule has 0 N–H and O–H groups in total. The van der Waals surface area contributed by atoms with Gasteiger partial charge in [0, 0.05) is 5.56 Å². The quantitative estimate of drug-likeness (QED) is 0.112. The van der Waals surface area contributed by atoms with Crippen molar-refractivity contribution in [2.45, 2.75) is 33.4 Å². The van der Waals surface area contributed by atoms with Gasteiger partial charge >= 0.3 is 39.3 Å². The number of nitrogens with zero attached hydrogens (tertiary/aromatic N) is 1. The fourth-order valence-corrected chi connectivity index (χ4v) is 7.47. The molecule has 184 valence electrons. The van der Waals surface area contributed by atoms with Gasteiger partial charge in [0.25, 0.3) is 0 Å². The molecule has 0 aliphatic carbocycles. The van der Waals surface area contributed by atoms with Gasteiger partial charge < -0.3 is 0 Å². The Bertz CT molecular complexity index is 1170. The molecule has 0 amide bonds. The second-order valence-corrected chi connectivity index (χ2v) is 16.4. The topological polar surface area (TPSA) is 12.4 Å². The molecule has 0 saturated heterocycles. The third-order valence-corrected chi connectivity index (χ3v) is 9.00. The fraction of sp³-hybridized carbons (Fsp3) is 0.167. The molecule has 0 spiro atoms. The van der Waals surface area contributed by atoms with Gasteiger partial charge in [-0.1, -0.05) is 84.4 Å². The molecule has 0 aromatic heterocycles. The Hall–Kier alpha value is -1.57. The van der Waals surface area contributed by atoms with Crippen molar-refractivity contribution in [2.24, 2.45) is 4.99 Å². The third-order valence-electron chi connectivity index (χ3n) is 5.95. The SMILES string of the molecule is Cc1cc(C)c(N=C(c2ccccc2)C(C)[PH+](c2ccccc2)c2ccccc2)c(C)c1.[Br][Ni][Br]. The summed E-state index contributed by atoms with van der Waals surface area (Å²) < 4.78 is 0. The van der Waals surface area contributed by atoms with E-state index in [-0.39, 0.29) is 5.66 Å². The molecular weight excluding hydrogens is 624 g/mol.